The molecule has 0 saturated carbocycles. The van der Waals surface area contributed by atoms with Gasteiger partial charge in [-0.3, -0.25) is 4.79 Å². The summed E-state index contributed by atoms with van der Waals surface area (Å²) >= 11 is 0. The first kappa shape index (κ1) is 9.06. The van der Waals surface area contributed by atoms with Crippen molar-refractivity contribution in [2.75, 3.05) is 18.9 Å². The Labute approximate surface area is 83.5 Å². The molecule has 3 nitrogen and oxygen atoms in total. The summed E-state index contributed by atoms with van der Waals surface area (Å²) in [5.74, 6) is 0.430. The van der Waals surface area contributed by atoms with Gasteiger partial charge in [0.05, 0.1) is 0 Å². The Balaban J connectivity index is 2.14. The van der Waals surface area contributed by atoms with Crippen molar-refractivity contribution in [2.24, 2.45) is 0 Å². The molecule has 1 aliphatic rings. The van der Waals surface area contributed by atoms with Crippen LogP contribution in [0.3, 0.4) is 0 Å². The van der Waals surface area contributed by atoms with Crippen molar-refractivity contribution >= 4 is 11.6 Å². The van der Waals surface area contributed by atoms with Crippen LogP contribution in [0.1, 0.15) is 17.9 Å². The van der Waals surface area contributed by atoms with E-state index in [9.17, 15) is 4.79 Å². The molecule has 1 unspecified atom stereocenters. The minimum Gasteiger partial charge on any atom is -0.384 e. The van der Waals surface area contributed by atoms with Gasteiger partial charge in [0.2, 0.25) is 5.91 Å². The first-order chi connectivity index (χ1) is 6.81. The zero-order chi connectivity index (χ0) is 9.97. The number of rotatable bonds is 2. The van der Waals surface area contributed by atoms with E-state index >= 15 is 0 Å². The van der Waals surface area contributed by atoms with E-state index < -0.39 is 0 Å². The summed E-state index contributed by atoms with van der Waals surface area (Å²) in [4.78, 5) is 11.2. The van der Waals surface area contributed by atoms with Crippen LogP contribution in [0.25, 0.3) is 0 Å². The molecule has 1 aromatic carbocycles. The van der Waals surface area contributed by atoms with E-state index in [-0.39, 0.29) is 5.91 Å². The lowest BCUT2D eigenvalue weighted by molar-refractivity contribution is -0.120. The molecule has 1 amide bonds. The van der Waals surface area contributed by atoms with Crippen molar-refractivity contribution in [1.29, 1.82) is 0 Å². The van der Waals surface area contributed by atoms with Gasteiger partial charge in [0, 0.05) is 31.6 Å². The number of fused-ring (bicyclic) bond motifs is 1. The zero-order valence-corrected chi connectivity index (χ0v) is 8.21. The Morgan fingerprint density at radius 1 is 1.57 bits per heavy atom. The number of hydrogen-bond donors (Lipinski definition) is 2. The molecule has 2 N–H and O–H groups in total. The number of carbonyl (C=O) groups excluding carboxylic acids is 1. The fraction of sp³-hybridized carbons (Fsp3) is 0.364. The highest BCUT2D eigenvalue weighted by Gasteiger charge is 2.23. The van der Waals surface area contributed by atoms with E-state index in [0.29, 0.717) is 12.3 Å². The van der Waals surface area contributed by atoms with Crippen LogP contribution in [-0.4, -0.2) is 19.5 Å². The lowest BCUT2D eigenvalue weighted by Gasteiger charge is -2.08. The lowest BCUT2D eigenvalue weighted by atomic mass is 9.98. The Morgan fingerprint density at radius 3 is 3.14 bits per heavy atom. The molecule has 1 heterocycles. The van der Waals surface area contributed by atoms with Crippen molar-refractivity contribution in [2.45, 2.75) is 12.3 Å². The number of nitrogens with one attached hydrogen (secondary N) is 2. The minimum atomic E-state index is 0.105. The Hall–Kier alpha value is -1.51. The number of benzene rings is 1. The molecule has 0 spiro atoms. The molecule has 1 atom stereocenters. The van der Waals surface area contributed by atoms with Crippen LogP contribution < -0.4 is 10.6 Å². The molecular formula is C11H14N2O. The number of carbonyl (C=O) groups is 1. The van der Waals surface area contributed by atoms with E-state index in [4.69, 9.17) is 0 Å². The highest BCUT2D eigenvalue weighted by Crippen LogP contribution is 2.32. The van der Waals surface area contributed by atoms with Crippen LogP contribution >= 0.6 is 0 Å². The van der Waals surface area contributed by atoms with Gasteiger partial charge in [0.15, 0.2) is 0 Å². The summed E-state index contributed by atoms with van der Waals surface area (Å²) in [6, 6.07) is 8.17. The van der Waals surface area contributed by atoms with Gasteiger partial charge in [0.1, 0.15) is 0 Å². The van der Waals surface area contributed by atoms with Gasteiger partial charge in [-0.05, 0) is 11.6 Å². The van der Waals surface area contributed by atoms with E-state index in [1.807, 2.05) is 12.1 Å². The first-order valence-corrected chi connectivity index (χ1v) is 4.84. The average molecular weight is 190 g/mol. The Bertz CT molecular complexity index is 349. The second kappa shape index (κ2) is 3.70. The highest BCUT2D eigenvalue weighted by molar-refractivity contribution is 5.77. The Morgan fingerprint density at radius 2 is 2.36 bits per heavy atom. The van der Waals surface area contributed by atoms with Crippen molar-refractivity contribution in [3.63, 3.8) is 0 Å². The van der Waals surface area contributed by atoms with Gasteiger partial charge in [-0.1, -0.05) is 18.2 Å². The standard InChI is InChI=1S/C11H14N2O/c1-12-11(14)6-8-7-13-10-5-3-2-4-9(8)10/h2-5,8,13H,6-7H2,1H3,(H,12,14). The number of amides is 1. The summed E-state index contributed by atoms with van der Waals surface area (Å²) in [5.41, 5.74) is 2.43. The molecule has 14 heavy (non-hydrogen) atoms. The van der Waals surface area contributed by atoms with Gasteiger partial charge in [-0.2, -0.15) is 0 Å². The van der Waals surface area contributed by atoms with Gasteiger partial charge in [0.25, 0.3) is 0 Å². The summed E-state index contributed by atoms with van der Waals surface area (Å²) in [6.45, 7) is 0.868. The summed E-state index contributed by atoms with van der Waals surface area (Å²) < 4.78 is 0. The molecule has 3 heteroatoms. The SMILES string of the molecule is CNC(=O)CC1CNc2ccccc21. The predicted octanol–water partition coefficient (Wildman–Crippen LogP) is 1.33. The Kier molecular flexibility index (Phi) is 2.39. The van der Waals surface area contributed by atoms with Gasteiger partial charge in [-0.15, -0.1) is 0 Å². The second-order valence-electron chi connectivity index (χ2n) is 3.54. The van der Waals surface area contributed by atoms with Crippen molar-refractivity contribution in [1.82, 2.24) is 5.32 Å². The summed E-state index contributed by atoms with van der Waals surface area (Å²) in [5, 5.41) is 5.96. The van der Waals surface area contributed by atoms with Gasteiger partial charge >= 0.3 is 0 Å². The largest absolute Gasteiger partial charge is 0.384 e. The minimum absolute atomic E-state index is 0.105. The monoisotopic (exact) mass is 190 g/mol. The summed E-state index contributed by atoms with van der Waals surface area (Å²) in [7, 11) is 1.68. The molecule has 2 rings (SSSR count). The molecular weight excluding hydrogens is 176 g/mol. The van der Waals surface area contributed by atoms with E-state index in [0.717, 1.165) is 6.54 Å². The van der Waals surface area contributed by atoms with Crippen LogP contribution in [0.4, 0.5) is 5.69 Å². The average Bonchev–Trinajstić information content (AvgIpc) is 2.62. The van der Waals surface area contributed by atoms with Crippen molar-refractivity contribution < 1.29 is 4.79 Å². The number of para-hydroxylation sites is 1. The molecule has 74 valence electrons. The first-order valence-electron chi connectivity index (χ1n) is 4.84. The molecule has 0 saturated heterocycles. The second-order valence-corrected chi connectivity index (χ2v) is 3.54. The van der Waals surface area contributed by atoms with Gasteiger partial charge < -0.3 is 10.6 Å². The third kappa shape index (κ3) is 1.58. The number of hydrogen-bond acceptors (Lipinski definition) is 2. The number of anilines is 1. The summed E-state index contributed by atoms with van der Waals surface area (Å²) in [6.07, 6.45) is 0.570. The van der Waals surface area contributed by atoms with Crippen LogP contribution in [-0.2, 0) is 4.79 Å². The van der Waals surface area contributed by atoms with E-state index in [2.05, 4.69) is 22.8 Å². The fourth-order valence-electron chi connectivity index (χ4n) is 1.87. The normalized spacial score (nSPS) is 18.5. The third-order valence-electron chi connectivity index (χ3n) is 2.65. The molecule has 0 fully saturated rings. The molecule has 1 aliphatic heterocycles. The van der Waals surface area contributed by atoms with Crippen LogP contribution in [0.2, 0.25) is 0 Å². The van der Waals surface area contributed by atoms with Crippen molar-refractivity contribution in [3.05, 3.63) is 29.8 Å². The molecule has 1 aromatic rings. The van der Waals surface area contributed by atoms with Gasteiger partial charge in [-0.25, -0.2) is 0 Å². The third-order valence-corrected chi connectivity index (χ3v) is 2.65. The molecule has 0 aliphatic carbocycles. The van der Waals surface area contributed by atoms with Crippen LogP contribution in [0.15, 0.2) is 24.3 Å². The quantitative estimate of drug-likeness (QED) is 0.738. The lowest BCUT2D eigenvalue weighted by Crippen LogP contribution is -2.21. The van der Waals surface area contributed by atoms with E-state index in [1.54, 1.807) is 7.05 Å². The molecule has 0 aromatic heterocycles. The maximum atomic E-state index is 11.2. The predicted molar refractivity (Wildman–Crippen MR) is 56.4 cm³/mol. The van der Waals surface area contributed by atoms with Crippen LogP contribution in [0, 0.1) is 0 Å². The molecule has 0 bridgehead atoms. The maximum absolute atomic E-state index is 11.2. The van der Waals surface area contributed by atoms with E-state index in [1.165, 1.54) is 11.3 Å². The van der Waals surface area contributed by atoms with Crippen LogP contribution in [0.5, 0.6) is 0 Å². The molecule has 0 radical (unpaired) electrons. The smallest absolute Gasteiger partial charge is 0.220 e. The maximum Gasteiger partial charge on any atom is 0.220 e. The fourth-order valence-corrected chi connectivity index (χ4v) is 1.87. The van der Waals surface area contributed by atoms with Crippen molar-refractivity contribution in [3.8, 4) is 0 Å². The highest BCUT2D eigenvalue weighted by atomic mass is 16.1. The topological polar surface area (TPSA) is 41.1 Å². The zero-order valence-electron chi connectivity index (χ0n) is 8.21.